The average Bonchev–Trinajstić information content (AvgIpc) is 3.02. The van der Waals surface area contributed by atoms with E-state index in [1.54, 1.807) is 40.3 Å². The van der Waals surface area contributed by atoms with Gasteiger partial charge in [0.15, 0.2) is 0 Å². The first-order valence-electron chi connectivity index (χ1n) is 9.88. The lowest BCUT2D eigenvalue weighted by molar-refractivity contribution is 0.0939. The molecule has 3 rings (SSSR count). The van der Waals surface area contributed by atoms with Crippen LogP contribution in [0.2, 0.25) is 0 Å². The van der Waals surface area contributed by atoms with Crippen LogP contribution in [0.1, 0.15) is 46.9 Å². The van der Waals surface area contributed by atoms with Crippen molar-refractivity contribution in [2.45, 2.75) is 33.4 Å². The van der Waals surface area contributed by atoms with Gasteiger partial charge in [0, 0.05) is 25.0 Å². The smallest absolute Gasteiger partial charge is 0.251 e. The van der Waals surface area contributed by atoms with Crippen LogP contribution in [0.15, 0.2) is 48.8 Å². The Labute approximate surface area is 175 Å². The highest BCUT2D eigenvalue weighted by atomic mass is 19.1. The van der Waals surface area contributed by atoms with Gasteiger partial charge in [0.2, 0.25) is 5.62 Å². The number of aromatic nitrogens is 2. The molecule has 6 nitrogen and oxygen atoms in total. The normalized spacial score (nSPS) is 11.9. The van der Waals surface area contributed by atoms with Crippen LogP contribution in [-0.2, 0) is 13.6 Å². The maximum Gasteiger partial charge on any atom is 0.251 e. The highest BCUT2D eigenvalue weighted by Crippen LogP contribution is 2.21. The van der Waals surface area contributed by atoms with E-state index in [1.165, 1.54) is 6.07 Å². The lowest BCUT2D eigenvalue weighted by Gasteiger charge is -2.16. The lowest BCUT2D eigenvalue weighted by Crippen LogP contribution is -2.27. The number of benzene rings is 2. The third kappa shape index (κ3) is 4.79. The Morgan fingerprint density at radius 3 is 2.63 bits per heavy atom. The molecule has 0 saturated heterocycles. The summed E-state index contributed by atoms with van der Waals surface area (Å²) in [5.74, 6) is 0.100. The molecule has 0 radical (unpaired) electrons. The summed E-state index contributed by atoms with van der Waals surface area (Å²) >= 11 is 0. The molecule has 2 aromatic carbocycles. The summed E-state index contributed by atoms with van der Waals surface area (Å²) in [6, 6.07) is 9.95. The maximum absolute atomic E-state index is 13.5. The van der Waals surface area contributed by atoms with E-state index < -0.39 is 0 Å². The first-order chi connectivity index (χ1) is 14.3. The molecule has 0 aliphatic heterocycles. The molecule has 0 fully saturated rings. The Morgan fingerprint density at radius 2 is 2.00 bits per heavy atom. The van der Waals surface area contributed by atoms with Gasteiger partial charge in [0.05, 0.1) is 19.2 Å². The van der Waals surface area contributed by atoms with Crippen molar-refractivity contribution < 1.29 is 13.9 Å². The molecule has 0 aliphatic carbocycles. The Kier molecular flexibility index (Phi) is 6.40. The summed E-state index contributed by atoms with van der Waals surface area (Å²) in [6.07, 6.45) is 3.64. The zero-order valence-electron chi connectivity index (χ0n) is 17.7. The van der Waals surface area contributed by atoms with Gasteiger partial charge < -0.3 is 19.2 Å². The monoisotopic (exact) mass is 410 g/mol. The molecular formula is C23H27FN4O2. The standard InChI is InChI=1S/C23H27FN4O2/c1-5-30-20-12-17(14-28-9-8-27(4)23(28)25)11-19(13-20)22(29)26-16(3)18-6-7-21(24)15(2)10-18/h6-13,16,25H,5,14H2,1-4H3,(H,26,29). The molecule has 0 bridgehead atoms. The van der Waals surface area contributed by atoms with Gasteiger partial charge in [0.1, 0.15) is 11.6 Å². The molecule has 1 unspecified atom stereocenters. The molecule has 1 amide bonds. The number of hydrogen-bond donors (Lipinski definition) is 2. The number of carbonyl (C=O) groups excluding carboxylic acids is 1. The van der Waals surface area contributed by atoms with E-state index in [0.29, 0.717) is 35.6 Å². The molecule has 3 aromatic rings. The minimum Gasteiger partial charge on any atom is -0.494 e. The molecule has 1 atom stereocenters. The van der Waals surface area contributed by atoms with Gasteiger partial charge in [-0.2, -0.15) is 0 Å². The van der Waals surface area contributed by atoms with Crippen LogP contribution in [0.4, 0.5) is 4.39 Å². The Hall–Kier alpha value is -3.35. The maximum atomic E-state index is 13.5. The van der Waals surface area contributed by atoms with Gasteiger partial charge in [-0.05, 0) is 61.7 Å². The fourth-order valence-electron chi connectivity index (χ4n) is 3.28. The van der Waals surface area contributed by atoms with Crippen molar-refractivity contribution in [1.82, 2.24) is 14.5 Å². The van der Waals surface area contributed by atoms with Crippen molar-refractivity contribution in [1.29, 1.82) is 5.41 Å². The van der Waals surface area contributed by atoms with Crippen molar-refractivity contribution in [3.8, 4) is 5.75 Å². The molecule has 158 valence electrons. The van der Waals surface area contributed by atoms with Crippen molar-refractivity contribution in [2.24, 2.45) is 7.05 Å². The summed E-state index contributed by atoms with van der Waals surface area (Å²) in [7, 11) is 1.81. The predicted octanol–water partition coefficient (Wildman–Crippen LogP) is 3.69. The van der Waals surface area contributed by atoms with Crippen LogP contribution in [-0.4, -0.2) is 21.6 Å². The van der Waals surface area contributed by atoms with Gasteiger partial charge in [-0.3, -0.25) is 10.2 Å². The SMILES string of the molecule is CCOc1cc(Cn2ccn(C)c2=N)cc(C(=O)NC(C)c2ccc(F)c(C)c2)c1. The number of carbonyl (C=O) groups is 1. The van der Waals surface area contributed by atoms with E-state index in [1.807, 2.05) is 39.4 Å². The van der Waals surface area contributed by atoms with Gasteiger partial charge >= 0.3 is 0 Å². The fourth-order valence-corrected chi connectivity index (χ4v) is 3.28. The Balaban J connectivity index is 1.84. The summed E-state index contributed by atoms with van der Waals surface area (Å²) in [5.41, 5.74) is 3.08. The zero-order chi connectivity index (χ0) is 21.8. The van der Waals surface area contributed by atoms with E-state index in [4.69, 9.17) is 10.1 Å². The molecule has 7 heteroatoms. The van der Waals surface area contributed by atoms with Crippen LogP contribution in [0.5, 0.6) is 5.75 Å². The third-order valence-electron chi connectivity index (χ3n) is 5.00. The number of nitrogens with one attached hydrogen (secondary N) is 2. The van der Waals surface area contributed by atoms with E-state index in [-0.39, 0.29) is 17.8 Å². The number of hydrogen-bond acceptors (Lipinski definition) is 3. The van der Waals surface area contributed by atoms with Crippen LogP contribution < -0.4 is 15.7 Å². The first kappa shape index (κ1) is 21.4. The molecule has 30 heavy (non-hydrogen) atoms. The minimum atomic E-state index is -0.278. The number of ether oxygens (including phenoxy) is 1. The fraction of sp³-hybridized carbons (Fsp3) is 0.304. The summed E-state index contributed by atoms with van der Waals surface area (Å²) in [4.78, 5) is 12.9. The Bertz CT molecular complexity index is 1120. The molecule has 1 aromatic heterocycles. The number of nitrogens with zero attached hydrogens (tertiary/aromatic N) is 2. The van der Waals surface area contributed by atoms with E-state index >= 15 is 0 Å². The number of rotatable bonds is 7. The van der Waals surface area contributed by atoms with Gasteiger partial charge in [-0.15, -0.1) is 0 Å². The van der Waals surface area contributed by atoms with Crippen LogP contribution in [0.3, 0.4) is 0 Å². The second kappa shape index (κ2) is 8.98. The van der Waals surface area contributed by atoms with Crippen LogP contribution in [0, 0.1) is 18.2 Å². The van der Waals surface area contributed by atoms with E-state index in [2.05, 4.69) is 5.32 Å². The summed E-state index contributed by atoms with van der Waals surface area (Å²) < 4.78 is 22.7. The molecule has 0 saturated carbocycles. The van der Waals surface area contributed by atoms with Gasteiger partial charge in [0.25, 0.3) is 5.91 Å². The summed E-state index contributed by atoms with van der Waals surface area (Å²) in [6.45, 7) is 6.39. The molecular weight excluding hydrogens is 383 g/mol. The van der Waals surface area contributed by atoms with Gasteiger partial charge in [-0.1, -0.05) is 12.1 Å². The zero-order valence-corrected chi connectivity index (χ0v) is 17.7. The highest BCUT2D eigenvalue weighted by Gasteiger charge is 2.15. The van der Waals surface area contributed by atoms with Crippen molar-refractivity contribution in [2.75, 3.05) is 6.61 Å². The molecule has 1 heterocycles. The molecule has 0 spiro atoms. The average molecular weight is 410 g/mol. The number of imidazole rings is 1. The van der Waals surface area contributed by atoms with Crippen LogP contribution in [0.25, 0.3) is 0 Å². The lowest BCUT2D eigenvalue weighted by atomic mass is 10.0. The molecule has 0 aliphatic rings. The number of amides is 1. The molecule has 2 N–H and O–H groups in total. The largest absolute Gasteiger partial charge is 0.494 e. The van der Waals surface area contributed by atoms with Crippen molar-refractivity contribution in [3.05, 3.63) is 82.5 Å². The van der Waals surface area contributed by atoms with Crippen molar-refractivity contribution in [3.63, 3.8) is 0 Å². The van der Waals surface area contributed by atoms with Crippen LogP contribution >= 0.6 is 0 Å². The Morgan fingerprint density at radius 1 is 1.23 bits per heavy atom. The second-order valence-electron chi connectivity index (χ2n) is 7.36. The van der Waals surface area contributed by atoms with E-state index in [9.17, 15) is 9.18 Å². The summed E-state index contributed by atoms with van der Waals surface area (Å²) in [5, 5.41) is 11.1. The number of aryl methyl sites for hydroxylation is 2. The third-order valence-corrected chi connectivity index (χ3v) is 5.00. The number of halogens is 1. The quantitative estimate of drug-likeness (QED) is 0.624. The predicted molar refractivity (Wildman–Crippen MR) is 113 cm³/mol. The highest BCUT2D eigenvalue weighted by molar-refractivity contribution is 5.95. The topological polar surface area (TPSA) is 72.0 Å². The second-order valence-corrected chi connectivity index (χ2v) is 7.36. The first-order valence-corrected chi connectivity index (χ1v) is 9.88. The van der Waals surface area contributed by atoms with Gasteiger partial charge in [-0.25, -0.2) is 4.39 Å². The van der Waals surface area contributed by atoms with E-state index in [0.717, 1.165) is 11.1 Å². The van der Waals surface area contributed by atoms with Crippen molar-refractivity contribution >= 4 is 5.91 Å². The minimum absolute atomic E-state index is 0.239.